The summed E-state index contributed by atoms with van der Waals surface area (Å²) in [6.07, 6.45) is 1.63. The number of halogens is 1. The lowest BCUT2D eigenvalue weighted by Gasteiger charge is -2.07. The standard InChI is InChI=1S/C17H16BrN3O4S2/c18-13-6-7-15(22)12(10-13)11-19-20-17-21(8-3-9-27(23,24)25)14-4-1-2-5-16(14)26-17/h1-2,4-7,10-11,22H,3,8-9H2,(H,23,24,25)/p-1. The van der Waals surface area contributed by atoms with Crippen LogP contribution in [0.1, 0.15) is 12.0 Å². The van der Waals surface area contributed by atoms with E-state index in [4.69, 9.17) is 0 Å². The first-order chi connectivity index (χ1) is 12.8. The predicted molar refractivity (Wildman–Crippen MR) is 108 cm³/mol. The molecule has 0 amide bonds. The van der Waals surface area contributed by atoms with Crippen LogP contribution in [0.25, 0.3) is 10.2 Å². The Hall–Kier alpha value is -2.01. The molecule has 142 valence electrons. The highest BCUT2D eigenvalue weighted by Crippen LogP contribution is 2.20. The van der Waals surface area contributed by atoms with Crippen molar-refractivity contribution >= 4 is 53.8 Å². The minimum atomic E-state index is -4.26. The van der Waals surface area contributed by atoms with Crippen molar-refractivity contribution in [3.05, 3.63) is 57.3 Å². The number of para-hydroxylation sites is 1. The molecule has 0 radical (unpaired) electrons. The van der Waals surface area contributed by atoms with Crippen LogP contribution < -0.4 is 4.80 Å². The normalized spacial score (nSPS) is 13.0. The molecule has 27 heavy (non-hydrogen) atoms. The molecule has 3 aromatic rings. The molecule has 1 N–H and O–H groups in total. The molecular weight excluding hydrogens is 454 g/mol. The third kappa shape index (κ3) is 5.25. The summed E-state index contributed by atoms with van der Waals surface area (Å²) in [4.78, 5) is 0.574. The fraction of sp³-hybridized carbons (Fsp3) is 0.176. The maximum atomic E-state index is 10.9. The van der Waals surface area contributed by atoms with Crippen LogP contribution in [-0.4, -0.2) is 34.6 Å². The largest absolute Gasteiger partial charge is 0.748 e. The Balaban J connectivity index is 1.95. The summed E-state index contributed by atoms with van der Waals surface area (Å²) in [5, 5.41) is 18.1. The number of phenols is 1. The van der Waals surface area contributed by atoms with Crippen molar-refractivity contribution in [1.29, 1.82) is 0 Å². The van der Waals surface area contributed by atoms with Crippen molar-refractivity contribution in [1.82, 2.24) is 4.57 Å². The lowest BCUT2D eigenvalue weighted by atomic mass is 10.2. The van der Waals surface area contributed by atoms with E-state index in [2.05, 4.69) is 26.1 Å². The first-order valence-corrected chi connectivity index (χ1v) is 11.1. The van der Waals surface area contributed by atoms with E-state index in [0.29, 0.717) is 16.9 Å². The Morgan fingerprint density at radius 1 is 1.26 bits per heavy atom. The smallest absolute Gasteiger partial charge is 0.211 e. The molecule has 0 saturated carbocycles. The van der Waals surface area contributed by atoms with Crippen molar-refractivity contribution in [2.75, 3.05) is 5.75 Å². The van der Waals surface area contributed by atoms with E-state index in [9.17, 15) is 18.1 Å². The number of hydrogen-bond acceptors (Lipinski definition) is 7. The van der Waals surface area contributed by atoms with Crippen molar-refractivity contribution < 1.29 is 18.1 Å². The number of rotatable bonds is 6. The number of nitrogens with zero attached hydrogens (tertiary/aromatic N) is 3. The highest BCUT2D eigenvalue weighted by Gasteiger charge is 2.06. The molecule has 0 atom stereocenters. The number of aryl methyl sites for hydroxylation is 1. The summed E-state index contributed by atoms with van der Waals surface area (Å²) in [5.41, 5.74) is 1.41. The van der Waals surface area contributed by atoms with Gasteiger partial charge in [0.1, 0.15) is 5.75 Å². The molecular formula is C17H15BrN3O4S2-. The second kappa shape index (κ2) is 8.34. The predicted octanol–water partition coefficient (Wildman–Crippen LogP) is 3.04. The monoisotopic (exact) mass is 468 g/mol. The fourth-order valence-electron chi connectivity index (χ4n) is 2.48. The van der Waals surface area contributed by atoms with Crippen molar-refractivity contribution in [2.45, 2.75) is 13.0 Å². The van der Waals surface area contributed by atoms with Gasteiger partial charge in [-0.05, 0) is 36.8 Å². The second-order valence-corrected chi connectivity index (χ2v) is 9.12. The third-order valence-electron chi connectivity index (χ3n) is 3.69. The number of phenolic OH excluding ortho intramolecular Hbond substituents is 1. The topological polar surface area (TPSA) is 107 Å². The summed E-state index contributed by atoms with van der Waals surface area (Å²) >= 11 is 4.74. The zero-order chi connectivity index (χ0) is 19.4. The number of hydrogen-bond donors (Lipinski definition) is 1. The highest BCUT2D eigenvalue weighted by atomic mass is 79.9. The van der Waals surface area contributed by atoms with Gasteiger partial charge in [-0.2, -0.15) is 5.10 Å². The Morgan fingerprint density at radius 3 is 2.81 bits per heavy atom. The van der Waals surface area contributed by atoms with Gasteiger partial charge in [-0.3, -0.25) is 0 Å². The quantitative estimate of drug-likeness (QED) is 0.340. The van der Waals surface area contributed by atoms with Gasteiger partial charge in [0.05, 0.1) is 26.5 Å². The Bertz CT molecular complexity index is 1170. The number of aromatic nitrogens is 1. The van der Waals surface area contributed by atoms with E-state index in [1.165, 1.54) is 17.6 Å². The van der Waals surface area contributed by atoms with Crippen molar-refractivity contribution in [2.24, 2.45) is 10.2 Å². The second-order valence-electron chi connectivity index (χ2n) is 5.67. The van der Waals surface area contributed by atoms with E-state index in [0.717, 1.165) is 14.7 Å². The number of thiazole rings is 1. The summed E-state index contributed by atoms with van der Waals surface area (Å²) in [7, 11) is -4.26. The molecule has 3 rings (SSSR count). The number of benzene rings is 2. The van der Waals surface area contributed by atoms with Crippen LogP contribution in [0.5, 0.6) is 5.75 Å². The minimum Gasteiger partial charge on any atom is -0.748 e. The van der Waals surface area contributed by atoms with Gasteiger partial charge in [0.25, 0.3) is 0 Å². The lowest BCUT2D eigenvalue weighted by Crippen LogP contribution is -2.17. The molecule has 0 aliphatic rings. The van der Waals surface area contributed by atoms with Crippen LogP contribution in [0, 0.1) is 0 Å². The van der Waals surface area contributed by atoms with Crippen molar-refractivity contribution in [3.8, 4) is 5.75 Å². The third-order valence-corrected chi connectivity index (χ3v) is 6.03. The molecule has 2 aromatic carbocycles. The van der Waals surface area contributed by atoms with Crippen LogP contribution in [0.3, 0.4) is 0 Å². The van der Waals surface area contributed by atoms with Gasteiger partial charge in [-0.1, -0.05) is 39.4 Å². The van der Waals surface area contributed by atoms with Crippen LogP contribution >= 0.6 is 27.3 Å². The fourth-order valence-corrected chi connectivity index (χ4v) is 4.36. The average molecular weight is 469 g/mol. The van der Waals surface area contributed by atoms with Gasteiger partial charge in [0, 0.05) is 22.3 Å². The number of aromatic hydroxyl groups is 1. The summed E-state index contributed by atoms with van der Waals surface area (Å²) in [6.45, 7) is 0.335. The molecule has 1 aromatic heterocycles. The Kier molecular flexibility index (Phi) is 6.10. The van der Waals surface area contributed by atoms with Gasteiger partial charge in [0.15, 0.2) is 0 Å². The zero-order valence-electron chi connectivity index (χ0n) is 13.9. The van der Waals surface area contributed by atoms with Crippen LogP contribution in [-0.2, 0) is 16.7 Å². The molecule has 10 heteroatoms. The molecule has 0 saturated heterocycles. The first-order valence-electron chi connectivity index (χ1n) is 7.91. The van der Waals surface area contributed by atoms with Gasteiger partial charge in [-0.15, -0.1) is 5.10 Å². The lowest BCUT2D eigenvalue weighted by molar-refractivity contribution is 0.459. The van der Waals surface area contributed by atoms with E-state index in [1.54, 1.807) is 18.2 Å². The van der Waals surface area contributed by atoms with Gasteiger partial charge in [0.2, 0.25) is 4.80 Å². The average Bonchev–Trinajstić information content (AvgIpc) is 2.95. The summed E-state index contributed by atoms with van der Waals surface area (Å²) in [6, 6.07) is 12.6. The van der Waals surface area contributed by atoms with Gasteiger partial charge in [-0.25, -0.2) is 8.42 Å². The highest BCUT2D eigenvalue weighted by molar-refractivity contribution is 9.10. The first kappa shape index (κ1) is 19.7. The summed E-state index contributed by atoms with van der Waals surface area (Å²) < 4.78 is 36.2. The van der Waals surface area contributed by atoms with E-state index < -0.39 is 15.9 Å². The van der Waals surface area contributed by atoms with Gasteiger partial charge < -0.3 is 14.2 Å². The van der Waals surface area contributed by atoms with Gasteiger partial charge >= 0.3 is 0 Å². The van der Waals surface area contributed by atoms with Crippen molar-refractivity contribution in [3.63, 3.8) is 0 Å². The Labute approximate surface area is 168 Å². The Morgan fingerprint density at radius 2 is 2.04 bits per heavy atom. The molecule has 0 spiro atoms. The maximum Gasteiger partial charge on any atom is 0.211 e. The minimum absolute atomic E-state index is 0.0852. The van der Waals surface area contributed by atoms with E-state index in [-0.39, 0.29) is 12.2 Å². The molecule has 0 aliphatic heterocycles. The zero-order valence-corrected chi connectivity index (χ0v) is 17.2. The van der Waals surface area contributed by atoms with Crippen LogP contribution in [0.15, 0.2) is 57.1 Å². The summed E-state index contributed by atoms with van der Waals surface area (Å²) in [5.74, 6) is -0.347. The molecule has 0 aliphatic carbocycles. The molecule has 0 fully saturated rings. The van der Waals surface area contributed by atoms with E-state index in [1.807, 2.05) is 28.8 Å². The van der Waals surface area contributed by atoms with E-state index >= 15 is 0 Å². The maximum absolute atomic E-state index is 10.9. The number of fused-ring (bicyclic) bond motifs is 1. The molecule has 7 nitrogen and oxygen atoms in total. The van der Waals surface area contributed by atoms with Crippen LogP contribution in [0.2, 0.25) is 0 Å². The molecule has 0 unspecified atom stereocenters. The molecule has 1 heterocycles. The van der Waals surface area contributed by atoms with Crippen LogP contribution in [0.4, 0.5) is 0 Å². The SMILES string of the molecule is O=S(=O)([O-])CCCn1c(=NN=Cc2cc(Br)ccc2O)sc2ccccc21. The molecule has 0 bridgehead atoms.